The standard InChI is InChI=1S/C68H68N2.C66H64N2/c1-47(2)49-25-33-57(34-26-49)69(59-37-29-53(30-38-59)51-17-9-5-10-18-51)61-41-43-63-65(45-61)67(55-21-13-7-14-22-55)64-44-42-62(46-66(64)68(63)56-23-15-8-16-24-56)70(58-35-27-50(28-36-58)48(3)4)60-39-31-54(32-40-60)52-19-11-6-12-20-52;1-45(2)47-23-31-55(32-24-47)67(57-35-27-51(28-36-57)49-15-11-12-16-49)59-39-41-61-63(43-59)65(53-19-7-5-8-20-53)62-42-40-60(44-64(62)66(61)54-21-9-6-10-22-54)68(56-33-25-48(26-34-56)46(3)4)58-37-29-52(30-38-58)50-17-13-14-18-50/h7-8,13-16,21-48,51-52H,5-6,9-12,17-20H2,1-4H3;5-10,19-46,49-50H,11-18H2,1-4H3. The Morgan fingerprint density at radius 3 is 0.493 bits per heavy atom. The highest BCUT2D eigenvalue weighted by Crippen LogP contribution is 2.54. The summed E-state index contributed by atoms with van der Waals surface area (Å²) in [6.45, 7) is 18.2. The van der Waals surface area contributed by atoms with Crippen molar-refractivity contribution in [3.8, 4) is 44.5 Å². The van der Waals surface area contributed by atoms with Crippen LogP contribution in [0, 0.1) is 0 Å². The SMILES string of the molecule is CC(C)c1ccc(N(c2ccc(C3CCCC3)cc2)c2ccc3c(-c4ccccc4)c4cc(N(c5ccc(C(C)C)cc5)c5ccc(C6CCCC6)cc5)ccc4c(-c4ccccc4)c3c2)cc1.CC(C)c1ccc(N(c2ccc(C3CCCCC3)cc2)c2ccc3c(-c4ccccc4)c4cc(N(c5ccc(C(C)C)cc5)c5ccc(C6CCCCC6)cc5)ccc4c(-c4ccccc4)c3c2)cc1. The van der Waals surface area contributed by atoms with E-state index in [4.69, 9.17) is 0 Å². The molecule has 0 radical (unpaired) electrons. The Labute approximate surface area is 820 Å². The third-order valence-corrected chi connectivity index (χ3v) is 31.1. The number of rotatable bonds is 24. The van der Waals surface area contributed by atoms with Crippen molar-refractivity contribution in [2.24, 2.45) is 0 Å². The Morgan fingerprint density at radius 2 is 0.319 bits per heavy atom. The lowest BCUT2D eigenvalue weighted by Crippen LogP contribution is -2.11. The topological polar surface area (TPSA) is 13.0 Å². The van der Waals surface area contributed by atoms with Crippen LogP contribution in [0.1, 0.15) is 263 Å². The van der Waals surface area contributed by atoms with Crippen LogP contribution in [0.4, 0.5) is 68.2 Å². The predicted molar refractivity (Wildman–Crippen MR) is 594 cm³/mol. The van der Waals surface area contributed by atoms with Crippen molar-refractivity contribution in [3.63, 3.8) is 0 Å². The highest BCUT2D eigenvalue weighted by Gasteiger charge is 2.30. The zero-order valence-corrected chi connectivity index (χ0v) is 82.1. The van der Waals surface area contributed by atoms with E-state index in [9.17, 15) is 0 Å². The van der Waals surface area contributed by atoms with Crippen LogP contribution >= 0.6 is 0 Å². The van der Waals surface area contributed by atoms with E-state index in [1.807, 2.05) is 0 Å². The minimum absolute atomic E-state index is 0.459. The van der Waals surface area contributed by atoms with Crippen LogP contribution in [-0.2, 0) is 0 Å². The molecule has 0 bridgehead atoms. The highest BCUT2D eigenvalue weighted by atomic mass is 15.2. The summed E-state index contributed by atoms with van der Waals surface area (Å²) in [6, 6.07) is 148. The quantitative estimate of drug-likeness (QED) is 0.0559. The molecular weight excluding hydrogens is 1670 g/mol. The average molecular weight is 1800 g/mol. The minimum atomic E-state index is 0.459. The van der Waals surface area contributed by atoms with Gasteiger partial charge in [-0.25, -0.2) is 0 Å². The average Bonchev–Trinajstić information content (AvgIpc) is 0.869. The molecule has 4 saturated carbocycles. The van der Waals surface area contributed by atoms with Gasteiger partial charge in [0.2, 0.25) is 0 Å². The van der Waals surface area contributed by atoms with Gasteiger partial charge in [0.25, 0.3) is 0 Å². The normalized spacial score (nSPS) is 14.6. The van der Waals surface area contributed by atoms with Gasteiger partial charge < -0.3 is 19.6 Å². The van der Waals surface area contributed by atoms with Crippen LogP contribution in [0.5, 0.6) is 0 Å². The van der Waals surface area contributed by atoms with Crippen molar-refractivity contribution < 1.29 is 0 Å². The largest absolute Gasteiger partial charge is 0.310 e. The molecule has 0 aromatic heterocycles. The van der Waals surface area contributed by atoms with Crippen LogP contribution in [0.3, 0.4) is 0 Å². The van der Waals surface area contributed by atoms with Gasteiger partial charge in [-0.15, -0.1) is 0 Å². The summed E-state index contributed by atoms with van der Waals surface area (Å²) in [5, 5.41) is 9.92. The van der Waals surface area contributed by atoms with Gasteiger partial charge >= 0.3 is 0 Å². The first-order chi connectivity index (χ1) is 67.7. The molecule has 688 valence electrons. The lowest BCUT2D eigenvalue weighted by molar-refractivity contribution is 0.443. The van der Waals surface area contributed by atoms with Gasteiger partial charge in [-0.05, 0) is 376 Å². The smallest absolute Gasteiger partial charge is 0.0468 e. The summed E-state index contributed by atoms with van der Waals surface area (Å²) in [5.41, 5.74) is 35.1. The maximum atomic E-state index is 2.47. The summed E-state index contributed by atoms with van der Waals surface area (Å²) in [4.78, 5) is 9.88. The van der Waals surface area contributed by atoms with Gasteiger partial charge in [-0.2, -0.15) is 0 Å². The first-order valence-corrected chi connectivity index (χ1v) is 52.0. The van der Waals surface area contributed by atoms with Gasteiger partial charge in [-0.3, -0.25) is 0 Å². The van der Waals surface area contributed by atoms with Crippen LogP contribution in [-0.4, -0.2) is 0 Å². The molecule has 18 aromatic carbocycles. The van der Waals surface area contributed by atoms with Gasteiger partial charge in [0.05, 0.1) is 0 Å². The molecule has 4 fully saturated rings. The molecule has 0 unspecified atom stereocenters. The van der Waals surface area contributed by atoms with Gasteiger partial charge in [0, 0.05) is 68.2 Å². The number of fused-ring (bicyclic) bond motifs is 4. The van der Waals surface area contributed by atoms with Gasteiger partial charge in [0.1, 0.15) is 0 Å². The van der Waals surface area contributed by atoms with Gasteiger partial charge in [-0.1, -0.05) is 362 Å². The summed E-state index contributed by atoms with van der Waals surface area (Å²) in [5.74, 6) is 4.49. The molecule has 0 atom stereocenters. The highest BCUT2D eigenvalue weighted by molar-refractivity contribution is 6.24. The maximum Gasteiger partial charge on any atom is 0.0468 e. The number of hydrogen-bond acceptors (Lipinski definition) is 4. The van der Waals surface area contributed by atoms with E-state index >= 15 is 0 Å². The Balaban J connectivity index is 0.000000165. The molecule has 4 heteroatoms. The fraction of sp³-hybridized carbons (Fsp3) is 0.254. The molecule has 138 heavy (non-hydrogen) atoms. The number of hydrogen-bond donors (Lipinski definition) is 0. The number of nitrogens with zero attached hydrogens (tertiary/aromatic N) is 4. The molecule has 18 aromatic rings. The molecule has 4 aliphatic carbocycles. The lowest BCUT2D eigenvalue weighted by Gasteiger charge is -2.29. The monoisotopic (exact) mass is 1800 g/mol. The third-order valence-electron chi connectivity index (χ3n) is 31.1. The van der Waals surface area contributed by atoms with E-state index in [0.717, 1.165) is 45.5 Å². The van der Waals surface area contributed by atoms with Crippen molar-refractivity contribution in [1.29, 1.82) is 0 Å². The summed E-state index contributed by atoms with van der Waals surface area (Å²) >= 11 is 0. The molecule has 22 rings (SSSR count). The fourth-order valence-corrected chi connectivity index (χ4v) is 23.4. The van der Waals surface area contributed by atoms with E-state index < -0.39 is 0 Å². The number of benzene rings is 18. The predicted octanol–water partition coefficient (Wildman–Crippen LogP) is 40.4. The first-order valence-electron chi connectivity index (χ1n) is 52.0. The Bertz CT molecular complexity index is 6750. The van der Waals surface area contributed by atoms with E-state index in [-0.39, 0.29) is 0 Å². The van der Waals surface area contributed by atoms with Gasteiger partial charge in [0.15, 0.2) is 0 Å². The van der Waals surface area contributed by atoms with E-state index in [2.05, 4.69) is 463 Å². The second-order valence-corrected chi connectivity index (χ2v) is 41.2. The lowest BCUT2D eigenvalue weighted by atomic mass is 9.84. The van der Waals surface area contributed by atoms with E-state index in [1.165, 1.54) is 270 Å². The molecule has 0 aliphatic heterocycles. The third kappa shape index (κ3) is 18.9. The molecule has 0 N–H and O–H groups in total. The zero-order chi connectivity index (χ0) is 93.7. The second kappa shape index (κ2) is 40.9. The van der Waals surface area contributed by atoms with Crippen LogP contribution in [0.15, 0.2) is 388 Å². The Kier molecular flexibility index (Phi) is 26.8. The summed E-state index contributed by atoms with van der Waals surface area (Å²) in [7, 11) is 0. The minimum Gasteiger partial charge on any atom is -0.310 e. The van der Waals surface area contributed by atoms with Crippen molar-refractivity contribution in [3.05, 3.63) is 433 Å². The molecule has 0 amide bonds. The summed E-state index contributed by atoms with van der Waals surface area (Å²) < 4.78 is 0. The van der Waals surface area contributed by atoms with Crippen molar-refractivity contribution in [2.75, 3.05) is 19.6 Å². The Hall–Kier alpha value is -13.8. The first kappa shape index (κ1) is 90.7. The second-order valence-electron chi connectivity index (χ2n) is 41.2. The summed E-state index contributed by atoms with van der Waals surface area (Å²) in [6.07, 6.45) is 23.8. The molecule has 4 nitrogen and oxygen atoms in total. The van der Waals surface area contributed by atoms with Crippen LogP contribution < -0.4 is 19.6 Å². The van der Waals surface area contributed by atoms with Crippen molar-refractivity contribution in [2.45, 2.75) is 218 Å². The Morgan fingerprint density at radius 1 is 0.159 bits per heavy atom. The number of anilines is 12. The fourth-order valence-electron chi connectivity index (χ4n) is 23.4. The molecule has 0 spiro atoms. The van der Waals surface area contributed by atoms with Crippen molar-refractivity contribution >= 4 is 111 Å². The molecule has 0 heterocycles. The molecular formula is C134H132N4. The van der Waals surface area contributed by atoms with E-state index in [0.29, 0.717) is 47.3 Å². The molecule has 0 saturated heterocycles. The maximum absolute atomic E-state index is 2.47. The zero-order valence-electron chi connectivity index (χ0n) is 82.1. The van der Waals surface area contributed by atoms with Crippen LogP contribution in [0.25, 0.3) is 87.6 Å². The van der Waals surface area contributed by atoms with E-state index in [1.54, 1.807) is 0 Å². The molecule has 4 aliphatic rings. The van der Waals surface area contributed by atoms with Crippen molar-refractivity contribution in [1.82, 2.24) is 0 Å². The van der Waals surface area contributed by atoms with Crippen LogP contribution in [0.2, 0.25) is 0 Å².